The summed E-state index contributed by atoms with van der Waals surface area (Å²) in [5.74, 6) is 1.01. The van der Waals surface area contributed by atoms with Crippen molar-refractivity contribution in [1.82, 2.24) is 9.97 Å². The molecule has 0 fully saturated rings. The third-order valence-corrected chi connectivity index (χ3v) is 3.56. The van der Waals surface area contributed by atoms with Gasteiger partial charge in [0.1, 0.15) is 12.1 Å². The number of anilines is 2. The largest absolute Gasteiger partial charge is 0.399 e. The van der Waals surface area contributed by atoms with Crippen molar-refractivity contribution < 1.29 is 0 Å². The fourth-order valence-corrected chi connectivity index (χ4v) is 2.52. The molecule has 0 spiro atoms. The smallest absolute Gasteiger partial charge is 0.132 e. The average Bonchev–Trinajstić information content (AvgIpc) is 2.90. The molecule has 0 saturated carbocycles. The molecule has 3 N–H and O–H groups in total. The molecule has 3 rings (SSSR count). The Balaban J connectivity index is 1.61. The van der Waals surface area contributed by atoms with Crippen LogP contribution >= 0.6 is 0 Å². The molecule has 0 unspecified atom stereocenters. The number of aryl methyl sites for hydroxylation is 1. The monoisotopic (exact) mass is 254 g/mol. The lowest BCUT2D eigenvalue weighted by Crippen LogP contribution is -2.09. The minimum absolute atomic E-state index is 0.810. The molecule has 1 aromatic carbocycles. The Bertz CT molecular complexity index is 563. The van der Waals surface area contributed by atoms with Crippen LogP contribution in [0.1, 0.15) is 23.2 Å². The van der Waals surface area contributed by atoms with Gasteiger partial charge in [0.15, 0.2) is 0 Å². The van der Waals surface area contributed by atoms with E-state index in [0.717, 1.165) is 37.3 Å². The summed E-state index contributed by atoms with van der Waals surface area (Å²) in [6.45, 7) is 0.882. The Labute approximate surface area is 113 Å². The number of nitrogens with one attached hydrogen (secondary N) is 1. The lowest BCUT2D eigenvalue weighted by molar-refractivity contribution is 0.899. The maximum atomic E-state index is 5.68. The van der Waals surface area contributed by atoms with E-state index in [2.05, 4.69) is 27.4 Å². The van der Waals surface area contributed by atoms with Crippen LogP contribution in [-0.4, -0.2) is 16.5 Å². The fourth-order valence-electron chi connectivity index (χ4n) is 2.52. The first-order valence-corrected chi connectivity index (χ1v) is 6.74. The van der Waals surface area contributed by atoms with Gasteiger partial charge in [-0.15, -0.1) is 0 Å². The minimum Gasteiger partial charge on any atom is -0.399 e. The number of nitrogens with zero attached hydrogens (tertiary/aromatic N) is 2. The van der Waals surface area contributed by atoms with Crippen molar-refractivity contribution in [3.8, 4) is 0 Å². The van der Waals surface area contributed by atoms with Crippen LogP contribution in [0.2, 0.25) is 0 Å². The molecule has 0 bridgehead atoms. The Hall–Kier alpha value is -2.10. The highest BCUT2D eigenvalue weighted by molar-refractivity contribution is 5.48. The second kappa shape index (κ2) is 5.26. The van der Waals surface area contributed by atoms with E-state index in [0.29, 0.717) is 0 Å². The highest BCUT2D eigenvalue weighted by Crippen LogP contribution is 2.24. The summed E-state index contributed by atoms with van der Waals surface area (Å²) in [6.07, 6.45) is 6.01. The SMILES string of the molecule is Nc1ccc(CCNc2ncnc3c2CCC3)cc1. The molecule has 4 nitrogen and oxygen atoms in total. The van der Waals surface area contributed by atoms with Gasteiger partial charge in [-0.05, 0) is 43.4 Å². The van der Waals surface area contributed by atoms with Crippen molar-refractivity contribution >= 4 is 11.5 Å². The van der Waals surface area contributed by atoms with Crippen LogP contribution in [0.3, 0.4) is 0 Å². The van der Waals surface area contributed by atoms with Crippen molar-refractivity contribution in [2.75, 3.05) is 17.6 Å². The molecule has 4 heteroatoms. The van der Waals surface area contributed by atoms with Crippen molar-refractivity contribution in [3.63, 3.8) is 0 Å². The second-order valence-corrected chi connectivity index (χ2v) is 4.92. The van der Waals surface area contributed by atoms with Gasteiger partial charge in [-0.2, -0.15) is 0 Å². The summed E-state index contributed by atoms with van der Waals surface area (Å²) in [7, 11) is 0. The van der Waals surface area contributed by atoms with Crippen LogP contribution in [0.5, 0.6) is 0 Å². The van der Waals surface area contributed by atoms with E-state index in [9.17, 15) is 0 Å². The summed E-state index contributed by atoms with van der Waals surface area (Å²) in [5, 5.41) is 3.43. The van der Waals surface area contributed by atoms with Crippen LogP contribution in [0.25, 0.3) is 0 Å². The molecule has 1 aliphatic carbocycles. The van der Waals surface area contributed by atoms with Gasteiger partial charge in [0.25, 0.3) is 0 Å². The second-order valence-electron chi connectivity index (χ2n) is 4.92. The van der Waals surface area contributed by atoms with Crippen LogP contribution < -0.4 is 11.1 Å². The van der Waals surface area contributed by atoms with Crippen LogP contribution in [0, 0.1) is 0 Å². The van der Waals surface area contributed by atoms with Crippen molar-refractivity contribution in [2.24, 2.45) is 0 Å². The number of nitrogens with two attached hydrogens (primary N) is 1. The van der Waals surface area contributed by atoms with Gasteiger partial charge < -0.3 is 11.1 Å². The standard InChI is InChI=1S/C15H18N4/c16-12-6-4-11(5-7-12)8-9-17-15-13-2-1-3-14(13)18-10-19-15/h4-7,10H,1-3,8-9,16H2,(H,17,18,19). The molecule has 1 aromatic heterocycles. The zero-order chi connectivity index (χ0) is 13.1. The molecule has 1 heterocycles. The Morgan fingerprint density at radius 1 is 1.11 bits per heavy atom. The third-order valence-electron chi connectivity index (χ3n) is 3.56. The van der Waals surface area contributed by atoms with Crippen molar-refractivity contribution in [3.05, 3.63) is 47.4 Å². The van der Waals surface area contributed by atoms with E-state index < -0.39 is 0 Å². The van der Waals surface area contributed by atoms with E-state index >= 15 is 0 Å². The van der Waals surface area contributed by atoms with Crippen LogP contribution in [0.4, 0.5) is 11.5 Å². The first-order valence-electron chi connectivity index (χ1n) is 6.74. The molecular formula is C15H18N4. The highest BCUT2D eigenvalue weighted by atomic mass is 15.0. The maximum absolute atomic E-state index is 5.68. The lowest BCUT2D eigenvalue weighted by atomic mass is 10.1. The first kappa shape index (κ1) is 12.0. The third kappa shape index (κ3) is 2.67. The molecule has 0 atom stereocenters. The topological polar surface area (TPSA) is 63.8 Å². The summed E-state index contributed by atoms with van der Waals surface area (Å²) in [6, 6.07) is 8.03. The van der Waals surface area contributed by atoms with E-state index in [1.807, 2.05) is 12.1 Å². The molecular weight excluding hydrogens is 236 g/mol. The van der Waals surface area contributed by atoms with Gasteiger partial charge in [0, 0.05) is 23.5 Å². The molecule has 2 aromatic rings. The fraction of sp³-hybridized carbons (Fsp3) is 0.333. The zero-order valence-electron chi connectivity index (χ0n) is 10.9. The molecule has 0 radical (unpaired) electrons. The normalized spacial score (nSPS) is 13.3. The molecule has 1 aliphatic rings. The van der Waals surface area contributed by atoms with E-state index in [4.69, 9.17) is 5.73 Å². The number of fused-ring (bicyclic) bond motifs is 1. The predicted octanol–water partition coefficient (Wildman–Crippen LogP) is 2.20. The van der Waals surface area contributed by atoms with Crippen molar-refractivity contribution in [2.45, 2.75) is 25.7 Å². The summed E-state index contributed by atoms with van der Waals surface area (Å²) in [5.41, 5.74) is 10.3. The number of nitrogen functional groups attached to an aromatic ring is 1. The van der Waals surface area contributed by atoms with Gasteiger partial charge in [-0.25, -0.2) is 9.97 Å². The molecule has 0 saturated heterocycles. The molecule has 0 aliphatic heterocycles. The van der Waals surface area contributed by atoms with E-state index in [-0.39, 0.29) is 0 Å². The van der Waals surface area contributed by atoms with Gasteiger partial charge >= 0.3 is 0 Å². The van der Waals surface area contributed by atoms with Gasteiger partial charge in [-0.1, -0.05) is 12.1 Å². The van der Waals surface area contributed by atoms with E-state index in [1.54, 1.807) is 6.33 Å². The lowest BCUT2D eigenvalue weighted by Gasteiger charge is -2.09. The molecule has 98 valence electrons. The molecule has 0 amide bonds. The number of hydrogen-bond donors (Lipinski definition) is 2. The van der Waals surface area contributed by atoms with Gasteiger partial charge in [-0.3, -0.25) is 0 Å². The van der Waals surface area contributed by atoms with Crippen LogP contribution in [-0.2, 0) is 19.3 Å². The average molecular weight is 254 g/mol. The predicted molar refractivity (Wildman–Crippen MR) is 77.1 cm³/mol. The Kier molecular flexibility index (Phi) is 3.31. The summed E-state index contributed by atoms with van der Waals surface area (Å²) in [4.78, 5) is 8.68. The molecule has 19 heavy (non-hydrogen) atoms. The Morgan fingerprint density at radius 3 is 2.79 bits per heavy atom. The van der Waals surface area contributed by atoms with Gasteiger partial charge in [0.2, 0.25) is 0 Å². The highest BCUT2D eigenvalue weighted by Gasteiger charge is 2.16. The summed E-state index contributed by atoms with van der Waals surface area (Å²) < 4.78 is 0. The first-order chi connectivity index (χ1) is 9.33. The number of benzene rings is 1. The minimum atomic E-state index is 0.810. The maximum Gasteiger partial charge on any atom is 0.132 e. The van der Waals surface area contributed by atoms with Crippen LogP contribution in [0.15, 0.2) is 30.6 Å². The quantitative estimate of drug-likeness (QED) is 0.821. The summed E-state index contributed by atoms with van der Waals surface area (Å²) >= 11 is 0. The van der Waals surface area contributed by atoms with Crippen molar-refractivity contribution in [1.29, 1.82) is 0 Å². The van der Waals surface area contributed by atoms with Gasteiger partial charge in [0.05, 0.1) is 0 Å². The Morgan fingerprint density at radius 2 is 1.95 bits per heavy atom. The number of rotatable bonds is 4. The zero-order valence-corrected chi connectivity index (χ0v) is 10.9. The van der Waals surface area contributed by atoms with E-state index in [1.165, 1.54) is 23.2 Å². The number of hydrogen-bond acceptors (Lipinski definition) is 4. The number of aromatic nitrogens is 2.